The highest BCUT2D eigenvalue weighted by Crippen LogP contribution is 2.40. The van der Waals surface area contributed by atoms with Gasteiger partial charge in [-0.05, 0) is 43.9 Å². The van der Waals surface area contributed by atoms with Gasteiger partial charge in [-0.3, -0.25) is 9.69 Å². The van der Waals surface area contributed by atoms with Crippen LogP contribution in [0.25, 0.3) is 11.1 Å². The van der Waals surface area contributed by atoms with E-state index in [1.165, 1.54) is 0 Å². The van der Waals surface area contributed by atoms with Crippen molar-refractivity contribution in [3.8, 4) is 0 Å². The quantitative estimate of drug-likeness (QED) is 0.847. The summed E-state index contributed by atoms with van der Waals surface area (Å²) in [4.78, 5) is 22.0. The van der Waals surface area contributed by atoms with Crippen molar-refractivity contribution in [2.24, 2.45) is 0 Å². The van der Waals surface area contributed by atoms with Crippen molar-refractivity contribution in [2.45, 2.75) is 37.6 Å². The summed E-state index contributed by atoms with van der Waals surface area (Å²) in [6.45, 7) is 5.35. The van der Waals surface area contributed by atoms with Crippen LogP contribution in [0.1, 0.15) is 47.8 Å². The third-order valence-electron chi connectivity index (χ3n) is 5.89. The molecule has 1 aromatic carbocycles. The minimum absolute atomic E-state index is 0.108. The number of morpholine rings is 1. The van der Waals surface area contributed by atoms with Crippen LogP contribution in [-0.2, 0) is 4.74 Å². The number of carbonyl (C=O) groups excluding carboxylic acids is 1. The molecule has 6 heteroatoms. The zero-order chi connectivity index (χ0) is 17.5. The van der Waals surface area contributed by atoms with Crippen LogP contribution in [0.15, 0.2) is 22.6 Å². The second-order valence-electron chi connectivity index (χ2n) is 7.68. The zero-order valence-electron chi connectivity index (χ0n) is 15.0. The zero-order valence-corrected chi connectivity index (χ0v) is 15.0. The minimum atomic E-state index is 0.108. The Morgan fingerprint density at radius 2 is 1.81 bits per heavy atom. The van der Waals surface area contributed by atoms with Gasteiger partial charge in [-0.2, -0.15) is 0 Å². The van der Waals surface area contributed by atoms with Gasteiger partial charge in [0.25, 0.3) is 5.91 Å². The van der Waals surface area contributed by atoms with Gasteiger partial charge in [0, 0.05) is 43.7 Å². The molecule has 5 rings (SSSR count). The van der Waals surface area contributed by atoms with Crippen LogP contribution in [0.2, 0.25) is 0 Å². The highest BCUT2D eigenvalue weighted by atomic mass is 16.5. The van der Waals surface area contributed by atoms with Gasteiger partial charge in [-0.15, -0.1) is 0 Å². The number of fused-ring (bicyclic) bond motifs is 1. The normalized spacial score (nSPS) is 22.8. The number of amides is 1. The Balaban J connectivity index is 1.25. The molecule has 1 aromatic heterocycles. The largest absolute Gasteiger partial charge is 0.440 e. The van der Waals surface area contributed by atoms with Crippen molar-refractivity contribution in [1.29, 1.82) is 0 Å². The smallest absolute Gasteiger partial charge is 0.253 e. The fourth-order valence-corrected chi connectivity index (χ4v) is 4.14. The van der Waals surface area contributed by atoms with Crippen molar-refractivity contribution < 1.29 is 13.9 Å². The van der Waals surface area contributed by atoms with Gasteiger partial charge in [-0.25, -0.2) is 4.98 Å². The molecule has 6 nitrogen and oxygen atoms in total. The summed E-state index contributed by atoms with van der Waals surface area (Å²) in [5.41, 5.74) is 2.30. The third-order valence-corrected chi connectivity index (χ3v) is 5.89. The monoisotopic (exact) mass is 355 g/mol. The highest BCUT2D eigenvalue weighted by Gasteiger charge is 2.30. The van der Waals surface area contributed by atoms with Gasteiger partial charge in [0.15, 0.2) is 11.5 Å². The van der Waals surface area contributed by atoms with Crippen LogP contribution >= 0.6 is 0 Å². The van der Waals surface area contributed by atoms with E-state index in [-0.39, 0.29) is 5.91 Å². The first-order chi connectivity index (χ1) is 12.8. The molecule has 0 atom stereocenters. The molecule has 3 fully saturated rings. The van der Waals surface area contributed by atoms with Crippen LogP contribution in [0.3, 0.4) is 0 Å². The van der Waals surface area contributed by atoms with E-state index in [4.69, 9.17) is 9.15 Å². The molecule has 0 unspecified atom stereocenters. The fraction of sp³-hybridized carbons (Fsp3) is 0.600. The summed E-state index contributed by atoms with van der Waals surface area (Å²) in [6.07, 6.45) is 4.41. The second kappa shape index (κ2) is 6.67. The Labute approximate surface area is 153 Å². The highest BCUT2D eigenvalue weighted by molar-refractivity contribution is 5.97. The SMILES string of the molecule is O=C(c1ccc2nc(C3CC3)oc2c1)N1CCC(N2CCOCC2)CC1. The Morgan fingerprint density at radius 1 is 1.04 bits per heavy atom. The number of likely N-dealkylation sites (tertiary alicyclic amines) is 1. The lowest BCUT2D eigenvalue weighted by Gasteiger charge is -2.40. The molecule has 138 valence electrons. The molecule has 0 spiro atoms. The van der Waals surface area contributed by atoms with Crippen LogP contribution in [0, 0.1) is 0 Å². The molecule has 1 aliphatic carbocycles. The molecule has 2 aromatic rings. The number of rotatable bonds is 3. The minimum Gasteiger partial charge on any atom is -0.440 e. The van der Waals surface area contributed by atoms with Crippen LogP contribution in [-0.4, -0.2) is 66.1 Å². The average Bonchev–Trinajstić information content (AvgIpc) is 3.47. The van der Waals surface area contributed by atoms with Crippen LogP contribution in [0.4, 0.5) is 0 Å². The van der Waals surface area contributed by atoms with E-state index in [1.807, 2.05) is 23.1 Å². The number of piperidine rings is 1. The number of nitrogens with zero attached hydrogens (tertiary/aromatic N) is 3. The van der Waals surface area contributed by atoms with Crippen molar-refractivity contribution in [3.63, 3.8) is 0 Å². The molecule has 26 heavy (non-hydrogen) atoms. The second-order valence-corrected chi connectivity index (χ2v) is 7.68. The van der Waals surface area contributed by atoms with E-state index in [1.54, 1.807) is 0 Å². The summed E-state index contributed by atoms with van der Waals surface area (Å²) >= 11 is 0. The van der Waals surface area contributed by atoms with E-state index < -0.39 is 0 Å². The van der Waals surface area contributed by atoms with Gasteiger partial charge in [0.2, 0.25) is 0 Å². The maximum atomic E-state index is 12.9. The molecule has 1 saturated carbocycles. The summed E-state index contributed by atoms with van der Waals surface area (Å²) in [5, 5.41) is 0. The number of aromatic nitrogens is 1. The van der Waals surface area contributed by atoms with E-state index in [9.17, 15) is 4.79 Å². The first kappa shape index (κ1) is 16.3. The van der Waals surface area contributed by atoms with Crippen LogP contribution < -0.4 is 0 Å². The summed E-state index contributed by atoms with van der Waals surface area (Å²) in [5.74, 6) is 1.42. The van der Waals surface area contributed by atoms with Crippen molar-refractivity contribution in [1.82, 2.24) is 14.8 Å². The third kappa shape index (κ3) is 3.12. The van der Waals surface area contributed by atoms with Gasteiger partial charge >= 0.3 is 0 Å². The number of ether oxygens (including phenoxy) is 1. The number of carbonyl (C=O) groups is 1. The lowest BCUT2D eigenvalue weighted by molar-refractivity contribution is 0.00159. The molecule has 0 radical (unpaired) electrons. The Kier molecular flexibility index (Phi) is 4.17. The maximum Gasteiger partial charge on any atom is 0.253 e. The Hall–Kier alpha value is -1.92. The fourth-order valence-electron chi connectivity index (χ4n) is 4.14. The summed E-state index contributed by atoms with van der Waals surface area (Å²) in [6, 6.07) is 6.25. The van der Waals surface area contributed by atoms with E-state index >= 15 is 0 Å². The Bertz CT molecular complexity index is 800. The number of hydrogen-bond acceptors (Lipinski definition) is 5. The molecular formula is C20H25N3O3. The number of hydrogen-bond donors (Lipinski definition) is 0. The molecular weight excluding hydrogens is 330 g/mol. The molecule has 2 saturated heterocycles. The number of oxazole rings is 1. The lowest BCUT2D eigenvalue weighted by atomic mass is 10.0. The van der Waals surface area contributed by atoms with Gasteiger partial charge in [0.05, 0.1) is 13.2 Å². The molecule has 0 N–H and O–H groups in total. The standard InChI is InChI=1S/C20H25N3O3/c24-20(23-7-5-16(6-8-23)22-9-11-25-12-10-22)15-3-4-17-18(13-15)26-19(21-17)14-1-2-14/h3-4,13-14,16H,1-2,5-12H2. The predicted molar refractivity (Wildman–Crippen MR) is 97.3 cm³/mol. The first-order valence-corrected chi connectivity index (χ1v) is 9.79. The van der Waals surface area contributed by atoms with Gasteiger partial charge in [-0.1, -0.05) is 0 Å². The maximum absolute atomic E-state index is 12.9. The van der Waals surface area contributed by atoms with Crippen molar-refractivity contribution in [2.75, 3.05) is 39.4 Å². The lowest BCUT2D eigenvalue weighted by Crippen LogP contribution is -2.50. The van der Waals surface area contributed by atoms with Crippen LogP contribution in [0.5, 0.6) is 0 Å². The topological polar surface area (TPSA) is 58.8 Å². The van der Waals surface area contributed by atoms with Gasteiger partial charge in [0.1, 0.15) is 5.52 Å². The van der Waals surface area contributed by atoms with E-state index in [0.29, 0.717) is 17.5 Å². The average molecular weight is 355 g/mol. The molecule has 1 amide bonds. The van der Waals surface area contributed by atoms with Crippen molar-refractivity contribution in [3.05, 3.63) is 29.7 Å². The van der Waals surface area contributed by atoms with Gasteiger partial charge < -0.3 is 14.1 Å². The van der Waals surface area contributed by atoms with E-state index in [2.05, 4.69) is 9.88 Å². The Morgan fingerprint density at radius 3 is 2.54 bits per heavy atom. The van der Waals surface area contributed by atoms with Crippen molar-refractivity contribution >= 4 is 17.0 Å². The number of benzene rings is 1. The summed E-state index contributed by atoms with van der Waals surface area (Å²) < 4.78 is 11.3. The predicted octanol–water partition coefficient (Wildman–Crippen LogP) is 2.64. The molecule has 0 bridgehead atoms. The first-order valence-electron chi connectivity index (χ1n) is 9.79. The molecule has 2 aliphatic heterocycles. The summed E-state index contributed by atoms with van der Waals surface area (Å²) in [7, 11) is 0. The van der Waals surface area contributed by atoms with E-state index in [0.717, 1.165) is 82.1 Å². The molecule has 3 heterocycles. The molecule has 3 aliphatic rings.